The molecule has 168 valence electrons. The maximum absolute atomic E-state index is 14.9. The van der Waals surface area contributed by atoms with Crippen LogP contribution in [0.5, 0.6) is 0 Å². The van der Waals surface area contributed by atoms with Gasteiger partial charge in [0.1, 0.15) is 16.4 Å². The van der Waals surface area contributed by atoms with E-state index in [0.29, 0.717) is 18.2 Å². The van der Waals surface area contributed by atoms with Crippen LogP contribution in [0.15, 0.2) is 34.0 Å². The van der Waals surface area contributed by atoms with Gasteiger partial charge >= 0.3 is 5.97 Å². The van der Waals surface area contributed by atoms with Gasteiger partial charge < -0.3 is 10.0 Å². The highest BCUT2D eigenvalue weighted by molar-refractivity contribution is 7.12. The number of aryl methyl sites for hydroxylation is 1. The molecule has 1 aliphatic rings. The first-order valence-electron chi connectivity index (χ1n) is 9.89. The van der Waals surface area contributed by atoms with E-state index in [-0.39, 0.29) is 35.0 Å². The predicted octanol–water partition coefficient (Wildman–Crippen LogP) is 2.69. The molecule has 5 rings (SSSR count). The van der Waals surface area contributed by atoms with Crippen LogP contribution in [0.25, 0.3) is 16.2 Å². The zero-order chi connectivity index (χ0) is 23.3. The number of pyridine rings is 2. The smallest absolute Gasteiger partial charge is 0.341 e. The van der Waals surface area contributed by atoms with E-state index in [4.69, 9.17) is 0 Å². The fourth-order valence-corrected chi connectivity index (χ4v) is 5.10. The number of halogens is 1. The summed E-state index contributed by atoms with van der Waals surface area (Å²) in [6, 6.07) is 1.00. The number of thiazole rings is 2. The Kier molecular flexibility index (Phi) is 5.25. The van der Waals surface area contributed by atoms with Crippen LogP contribution in [0.4, 0.5) is 10.2 Å². The average Bonchev–Trinajstić information content (AvgIpc) is 3.40. The van der Waals surface area contributed by atoms with Crippen LogP contribution in [0.2, 0.25) is 0 Å². The van der Waals surface area contributed by atoms with Gasteiger partial charge in [0, 0.05) is 41.9 Å². The Balaban J connectivity index is 1.48. The molecule has 0 bridgehead atoms. The molecular formula is C21H16FN5O4S2. The van der Waals surface area contributed by atoms with Crippen molar-refractivity contribution in [3.8, 4) is 5.13 Å². The molecule has 0 unspecified atom stereocenters. The van der Waals surface area contributed by atoms with E-state index in [1.165, 1.54) is 33.4 Å². The molecular weight excluding hydrogens is 469 g/mol. The minimum absolute atomic E-state index is 0.00410. The monoisotopic (exact) mass is 485 g/mol. The number of ketones is 1. The van der Waals surface area contributed by atoms with Crippen molar-refractivity contribution in [2.75, 3.05) is 18.0 Å². The van der Waals surface area contributed by atoms with Crippen molar-refractivity contribution in [1.29, 1.82) is 0 Å². The SMILES string of the molecule is Cc1csc(CC(=O)C2CN(c3nc4c(cc3F)c(=O)c(C(=O)O)cn4-c3nccs3)C2)n1. The van der Waals surface area contributed by atoms with Gasteiger partial charge in [0.2, 0.25) is 5.43 Å². The molecule has 9 nitrogen and oxygen atoms in total. The minimum atomic E-state index is -1.42. The van der Waals surface area contributed by atoms with Gasteiger partial charge in [-0.05, 0) is 13.0 Å². The van der Waals surface area contributed by atoms with Crippen molar-refractivity contribution in [3.05, 3.63) is 61.5 Å². The summed E-state index contributed by atoms with van der Waals surface area (Å²) in [5, 5.41) is 14.0. The molecule has 1 aliphatic heterocycles. The molecule has 0 aromatic carbocycles. The second kappa shape index (κ2) is 8.12. The highest BCUT2D eigenvalue weighted by Gasteiger charge is 2.35. The fourth-order valence-electron chi connectivity index (χ4n) is 3.70. The van der Waals surface area contributed by atoms with Crippen molar-refractivity contribution in [2.45, 2.75) is 13.3 Å². The second-order valence-electron chi connectivity index (χ2n) is 7.65. The molecule has 0 saturated carbocycles. The van der Waals surface area contributed by atoms with Crippen molar-refractivity contribution in [1.82, 2.24) is 19.5 Å². The lowest BCUT2D eigenvalue weighted by Gasteiger charge is -2.39. The molecule has 0 atom stereocenters. The number of anilines is 1. The summed E-state index contributed by atoms with van der Waals surface area (Å²) in [4.78, 5) is 51.2. The van der Waals surface area contributed by atoms with Crippen molar-refractivity contribution < 1.29 is 19.1 Å². The Morgan fingerprint density at radius 1 is 1.27 bits per heavy atom. The van der Waals surface area contributed by atoms with Gasteiger partial charge in [-0.15, -0.1) is 22.7 Å². The zero-order valence-electron chi connectivity index (χ0n) is 17.2. The number of rotatable bonds is 6. The Labute approximate surface area is 193 Å². The quantitative estimate of drug-likeness (QED) is 0.443. The molecule has 0 radical (unpaired) electrons. The molecule has 4 aromatic heterocycles. The second-order valence-corrected chi connectivity index (χ2v) is 9.47. The van der Waals surface area contributed by atoms with E-state index in [0.717, 1.165) is 23.0 Å². The maximum atomic E-state index is 14.9. The molecule has 0 aliphatic carbocycles. The summed E-state index contributed by atoms with van der Waals surface area (Å²) in [7, 11) is 0. The minimum Gasteiger partial charge on any atom is -0.477 e. The number of hydrogen-bond donors (Lipinski definition) is 1. The highest BCUT2D eigenvalue weighted by Crippen LogP contribution is 2.30. The number of carboxylic acid groups (broad SMARTS) is 1. The molecule has 0 amide bonds. The third kappa shape index (κ3) is 3.80. The standard InChI is InChI=1S/C21H16FN5O4S2/c1-10-9-33-16(24-10)5-15(28)11-6-26(7-11)19-14(22)4-12-17(29)13(20(30)31)8-27(18(12)25-19)21-23-2-3-32-21/h2-4,8-9,11H,5-7H2,1H3,(H,30,31). The van der Waals surface area contributed by atoms with E-state index in [2.05, 4.69) is 15.0 Å². The third-order valence-corrected chi connectivity index (χ3v) is 7.13. The molecule has 4 aromatic rings. The maximum Gasteiger partial charge on any atom is 0.341 e. The van der Waals surface area contributed by atoms with Crippen LogP contribution >= 0.6 is 22.7 Å². The van der Waals surface area contributed by atoms with E-state index in [1.807, 2.05) is 12.3 Å². The molecule has 1 N–H and O–H groups in total. The molecule has 0 spiro atoms. The summed E-state index contributed by atoms with van der Waals surface area (Å²) in [5.74, 6) is -2.40. The number of fused-ring (bicyclic) bond motifs is 1. The first-order valence-corrected chi connectivity index (χ1v) is 11.7. The number of Topliss-reactive ketones (excluding diaryl/α,β-unsaturated/α-hetero) is 1. The molecule has 12 heteroatoms. The Hall–Kier alpha value is -3.51. The van der Waals surface area contributed by atoms with Gasteiger partial charge in [-0.2, -0.15) is 0 Å². The van der Waals surface area contributed by atoms with Crippen LogP contribution < -0.4 is 10.3 Å². The van der Waals surface area contributed by atoms with Gasteiger partial charge in [0.15, 0.2) is 22.4 Å². The number of nitrogens with zero attached hydrogens (tertiary/aromatic N) is 5. The van der Waals surface area contributed by atoms with Crippen LogP contribution in [-0.2, 0) is 11.2 Å². The van der Waals surface area contributed by atoms with E-state index in [1.54, 1.807) is 10.3 Å². The lowest BCUT2D eigenvalue weighted by Crippen LogP contribution is -2.51. The predicted molar refractivity (Wildman–Crippen MR) is 121 cm³/mol. The topological polar surface area (TPSA) is 118 Å². The van der Waals surface area contributed by atoms with E-state index < -0.39 is 22.8 Å². The van der Waals surface area contributed by atoms with Crippen molar-refractivity contribution >= 4 is 51.3 Å². The van der Waals surface area contributed by atoms with Crippen LogP contribution in [0.3, 0.4) is 0 Å². The summed E-state index contributed by atoms with van der Waals surface area (Å²) in [5.41, 5.74) is -0.348. The fraction of sp³-hybridized carbons (Fsp3) is 0.238. The lowest BCUT2D eigenvalue weighted by atomic mass is 9.93. The van der Waals surface area contributed by atoms with Crippen molar-refractivity contribution in [2.24, 2.45) is 5.92 Å². The van der Waals surface area contributed by atoms with Gasteiger partial charge in [0.25, 0.3) is 0 Å². The highest BCUT2D eigenvalue weighted by atomic mass is 32.1. The first kappa shape index (κ1) is 21.3. The summed E-state index contributed by atoms with van der Waals surface area (Å²) in [6.07, 6.45) is 2.93. The number of carbonyl (C=O) groups is 2. The third-order valence-electron chi connectivity index (χ3n) is 5.40. The van der Waals surface area contributed by atoms with Gasteiger partial charge in [0.05, 0.1) is 17.7 Å². The number of hydrogen-bond acceptors (Lipinski definition) is 9. The Morgan fingerprint density at radius 2 is 2.06 bits per heavy atom. The Morgan fingerprint density at radius 3 is 2.70 bits per heavy atom. The molecule has 5 heterocycles. The van der Waals surface area contributed by atoms with Gasteiger partial charge in [-0.1, -0.05) is 0 Å². The first-order chi connectivity index (χ1) is 15.8. The van der Waals surface area contributed by atoms with Gasteiger partial charge in [-0.3, -0.25) is 14.2 Å². The number of carboxylic acids is 1. The van der Waals surface area contributed by atoms with E-state index >= 15 is 0 Å². The van der Waals surface area contributed by atoms with Crippen LogP contribution in [-0.4, -0.2) is 49.5 Å². The van der Waals surface area contributed by atoms with Gasteiger partial charge in [-0.25, -0.2) is 24.1 Å². The number of aromatic nitrogens is 4. The van der Waals surface area contributed by atoms with Crippen molar-refractivity contribution in [3.63, 3.8) is 0 Å². The lowest BCUT2D eigenvalue weighted by molar-refractivity contribution is -0.122. The summed E-state index contributed by atoms with van der Waals surface area (Å²) in [6.45, 7) is 2.47. The summed E-state index contributed by atoms with van der Waals surface area (Å²) < 4.78 is 16.3. The zero-order valence-corrected chi connectivity index (χ0v) is 18.8. The largest absolute Gasteiger partial charge is 0.477 e. The average molecular weight is 486 g/mol. The van der Waals surface area contributed by atoms with E-state index in [9.17, 15) is 23.9 Å². The molecule has 1 saturated heterocycles. The van der Waals surface area contributed by atoms with Crippen LogP contribution in [0.1, 0.15) is 21.1 Å². The Bertz CT molecular complexity index is 1460. The summed E-state index contributed by atoms with van der Waals surface area (Å²) >= 11 is 2.66. The molecule has 1 fully saturated rings. The number of aromatic carboxylic acids is 1. The molecule has 33 heavy (non-hydrogen) atoms. The normalized spacial score (nSPS) is 13.9. The number of carbonyl (C=O) groups excluding carboxylic acids is 1. The van der Waals surface area contributed by atoms with Crippen LogP contribution in [0, 0.1) is 18.7 Å².